The Bertz CT molecular complexity index is 1040. The average molecular weight is 435 g/mol. The van der Waals surface area contributed by atoms with Crippen molar-refractivity contribution in [2.45, 2.75) is 23.2 Å². The van der Waals surface area contributed by atoms with E-state index >= 15 is 0 Å². The highest BCUT2D eigenvalue weighted by atomic mass is 32.2. The number of halogens is 5. The fourth-order valence-electron chi connectivity index (χ4n) is 2.75. The number of nitrogens with zero attached hydrogens (tertiary/aromatic N) is 2. The molecule has 0 radical (unpaired) electrons. The molecule has 2 aromatic rings. The molecule has 2 aromatic carbocycles. The topological polar surface area (TPSA) is 96.0 Å². The SMILES string of the molecule is NS(=O)(=O)c1ccc(C2=NC(O)(C(F)(F)F)CN2c2ccc(C(F)F)cc2)cc1. The number of aliphatic imine (C=N–C) groups is 1. The van der Waals surface area contributed by atoms with Crippen LogP contribution in [-0.4, -0.2) is 37.8 Å². The van der Waals surface area contributed by atoms with Gasteiger partial charge in [-0.1, -0.05) is 12.1 Å². The largest absolute Gasteiger partial charge is 0.440 e. The zero-order chi connectivity index (χ0) is 21.6. The molecule has 0 fully saturated rings. The van der Waals surface area contributed by atoms with Crippen molar-refractivity contribution >= 4 is 21.5 Å². The maximum absolute atomic E-state index is 13.3. The van der Waals surface area contributed by atoms with Gasteiger partial charge in [0, 0.05) is 16.8 Å². The van der Waals surface area contributed by atoms with Crippen LogP contribution in [-0.2, 0) is 10.0 Å². The van der Waals surface area contributed by atoms with Gasteiger partial charge in [0.05, 0.1) is 11.4 Å². The van der Waals surface area contributed by atoms with Gasteiger partial charge in [-0.05, 0) is 36.4 Å². The van der Waals surface area contributed by atoms with Gasteiger partial charge in [0.1, 0.15) is 5.84 Å². The normalized spacial score (nSPS) is 20.3. The van der Waals surface area contributed by atoms with Crippen LogP contribution < -0.4 is 10.0 Å². The quantitative estimate of drug-likeness (QED) is 0.722. The molecule has 3 rings (SSSR count). The molecule has 3 N–H and O–H groups in total. The van der Waals surface area contributed by atoms with Gasteiger partial charge >= 0.3 is 6.18 Å². The average Bonchev–Trinajstić information content (AvgIpc) is 3.00. The van der Waals surface area contributed by atoms with Crippen LogP contribution >= 0.6 is 0 Å². The molecular weight excluding hydrogens is 421 g/mol. The number of benzene rings is 2. The Morgan fingerprint density at radius 2 is 1.62 bits per heavy atom. The van der Waals surface area contributed by atoms with Crippen LogP contribution in [0, 0.1) is 0 Å². The van der Waals surface area contributed by atoms with E-state index in [-0.39, 0.29) is 27.5 Å². The molecule has 1 heterocycles. The van der Waals surface area contributed by atoms with E-state index in [0.717, 1.165) is 29.2 Å². The molecule has 1 aliphatic rings. The number of sulfonamides is 1. The van der Waals surface area contributed by atoms with Crippen molar-refractivity contribution in [3.8, 4) is 0 Å². The van der Waals surface area contributed by atoms with E-state index in [1.807, 2.05) is 0 Å². The second-order valence-electron chi connectivity index (χ2n) is 6.30. The van der Waals surface area contributed by atoms with Gasteiger partial charge < -0.3 is 10.0 Å². The Kier molecular flexibility index (Phi) is 5.13. The summed E-state index contributed by atoms with van der Waals surface area (Å²) in [6, 6.07) is 8.98. The third-order valence-electron chi connectivity index (χ3n) is 4.28. The van der Waals surface area contributed by atoms with Crippen LogP contribution in [0.1, 0.15) is 17.6 Å². The van der Waals surface area contributed by atoms with Crippen LogP contribution in [0.15, 0.2) is 58.4 Å². The molecule has 6 nitrogen and oxygen atoms in total. The van der Waals surface area contributed by atoms with E-state index < -0.39 is 34.9 Å². The molecule has 0 aromatic heterocycles. The van der Waals surface area contributed by atoms with E-state index in [4.69, 9.17) is 5.14 Å². The lowest BCUT2D eigenvalue weighted by atomic mass is 10.1. The number of aliphatic hydroxyl groups is 1. The third-order valence-corrected chi connectivity index (χ3v) is 5.21. The lowest BCUT2D eigenvalue weighted by Crippen LogP contribution is -2.47. The van der Waals surface area contributed by atoms with Crippen LogP contribution in [0.3, 0.4) is 0 Å². The molecule has 0 amide bonds. The summed E-state index contributed by atoms with van der Waals surface area (Å²) in [6.45, 7) is -1.00. The van der Waals surface area contributed by atoms with Gasteiger partial charge in [0.25, 0.3) is 12.2 Å². The molecule has 0 spiro atoms. The van der Waals surface area contributed by atoms with Crippen LogP contribution in [0.2, 0.25) is 0 Å². The van der Waals surface area contributed by atoms with Gasteiger partial charge in [-0.3, -0.25) is 0 Å². The monoisotopic (exact) mass is 435 g/mol. The lowest BCUT2D eigenvalue weighted by Gasteiger charge is -2.25. The lowest BCUT2D eigenvalue weighted by molar-refractivity contribution is -0.249. The first-order chi connectivity index (χ1) is 13.3. The number of amidine groups is 1. The summed E-state index contributed by atoms with van der Waals surface area (Å²) in [5, 5.41) is 15.0. The van der Waals surface area contributed by atoms with Crippen molar-refractivity contribution in [2.75, 3.05) is 11.4 Å². The smallest absolute Gasteiger partial charge is 0.361 e. The highest BCUT2D eigenvalue weighted by Crippen LogP contribution is 2.39. The maximum Gasteiger partial charge on any atom is 0.440 e. The molecule has 29 heavy (non-hydrogen) atoms. The van der Waals surface area contributed by atoms with Crippen molar-refractivity contribution < 1.29 is 35.5 Å². The summed E-state index contributed by atoms with van der Waals surface area (Å²) >= 11 is 0. The fraction of sp³-hybridized carbons (Fsp3) is 0.235. The highest BCUT2D eigenvalue weighted by Gasteiger charge is 2.58. The first-order valence-corrected chi connectivity index (χ1v) is 9.54. The number of hydrogen-bond acceptors (Lipinski definition) is 5. The third kappa shape index (κ3) is 4.09. The van der Waals surface area contributed by atoms with Crippen molar-refractivity contribution in [2.24, 2.45) is 10.1 Å². The minimum atomic E-state index is -5.10. The zero-order valence-corrected chi connectivity index (χ0v) is 15.3. The van der Waals surface area contributed by atoms with Crippen molar-refractivity contribution in [3.63, 3.8) is 0 Å². The summed E-state index contributed by atoms with van der Waals surface area (Å²) in [7, 11) is -4.02. The van der Waals surface area contributed by atoms with Gasteiger partial charge in [-0.2, -0.15) is 13.2 Å². The first-order valence-electron chi connectivity index (χ1n) is 8.00. The van der Waals surface area contributed by atoms with Gasteiger partial charge in [0.15, 0.2) is 0 Å². The minimum absolute atomic E-state index is 0.0653. The van der Waals surface area contributed by atoms with E-state index in [9.17, 15) is 35.5 Å². The predicted molar refractivity (Wildman–Crippen MR) is 94.1 cm³/mol. The van der Waals surface area contributed by atoms with Crippen molar-refractivity contribution in [1.29, 1.82) is 0 Å². The molecule has 12 heteroatoms. The van der Waals surface area contributed by atoms with Gasteiger partial charge in [-0.25, -0.2) is 27.3 Å². The van der Waals surface area contributed by atoms with E-state index in [1.54, 1.807) is 0 Å². The Hall–Kier alpha value is -2.57. The van der Waals surface area contributed by atoms with Crippen molar-refractivity contribution in [3.05, 3.63) is 59.7 Å². The molecule has 156 valence electrons. The van der Waals surface area contributed by atoms with Crippen LogP contribution in [0.4, 0.5) is 27.6 Å². The second-order valence-corrected chi connectivity index (χ2v) is 7.86. The molecule has 1 aliphatic heterocycles. The molecule has 1 atom stereocenters. The summed E-state index contributed by atoms with van der Waals surface area (Å²) in [4.78, 5) is 4.16. The van der Waals surface area contributed by atoms with Gasteiger partial charge in [-0.15, -0.1) is 0 Å². The molecule has 0 saturated heterocycles. The van der Waals surface area contributed by atoms with Crippen molar-refractivity contribution in [1.82, 2.24) is 0 Å². The number of hydrogen-bond donors (Lipinski definition) is 2. The standard InChI is InChI=1S/C17H14F5N3O3S/c18-14(19)10-1-5-12(6-2-10)25-9-16(26,17(20,21)22)24-15(25)11-3-7-13(8-4-11)29(23,27)28/h1-8,14,26H,9H2,(H2,23,27,28). The summed E-state index contributed by atoms with van der Waals surface area (Å²) in [6.07, 6.45) is -7.86. The number of nitrogens with two attached hydrogens (primary N) is 1. The summed E-state index contributed by atoms with van der Waals surface area (Å²) < 4.78 is 88.2. The number of β-amino-alcohol motifs (C(OH)–C–C–N with tert-alkyl or cyclic N) is 1. The molecule has 0 saturated carbocycles. The Balaban J connectivity index is 2.06. The summed E-state index contributed by atoms with van der Waals surface area (Å²) in [5.74, 6) is -0.310. The Morgan fingerprint density at radius 1 is 1.07 bits per heavy atom. The summed E-state index contributed by atoms with van der Waals surface area (Å²) in [5.41, 5.74) is -3.60. The van der Waals surface area contributed by atoms with Crippen LogP contribution in [0.5, 0.6) is 0 Å². The maximum atomic E-state index is 13.3. The van der Waals surface area contributed by atoms with Crippen LogP contribution in [0.25, 0.3) is 0 Å². The first kappa shape index (κ1) is 21.1. The number of anilines is 1. The predicted octanol–water partition coefficient (Wildman–Crippen LogP) is 2.79. The number of primary sulfonamides is 1. The van der Waals surface area contributed by atoms with Gasteiger partial charge in [0.2, 0.25) is 10.0 Å². The molecule has 0 bridgehead atoms. The molecule has 1 unspecified atom stereocenters. The molecular formula is C17H14F5N3O3S. The van der Waals surface area contributed by atoms with E-state index in [0.29, 0.717) is 0 Å². The van der Waals surface area contributed by atoms with E-state index in [2.05, 4.69) is 4.99 Å². The molecule has 0 aliphatic carbocycles. The highest BCUT2D eigenvalue weighted by molar-refractivity contribution is 7.89. The zero-order valence-electron chi connectivity index (χ0n) is 14.4. The minimum Gasteiger partial charge on any atom is -0.361 e. The Labute approximate surface area is 162 Å². The fourth-order valence-corrected chi connectivity index (χ4v) is 3.26. The second kappa shape index (κ2) is 7.04. The van der Waals surface area contributed by atoms with E-state index in [1.165, 1.54) is 24.3 Å². The number of rotatable bonds is 4. The Morgan fingerprint density at radius 3 is 2.07 bits per heavy atom. The number of alkyl halides is 5.